The van der Waals surface area contributed by atoms with Crippen molar-refractivity contribution in [1.82, 2.24) is 4.31 Å². The highest BCUT2D eigenvalue weighted by Crippen LogP contribution is 2.28. The van der Waals surface area contributed by atoms with Crippen LogP contribution in [0, 0.1) is 23.0 Å². The summed E-state index contributed by atoms with van der Waals surface area (Å²) in [6.45, 7) is 4.09. The van der Waals surface area contributed by atoms with Gasteiger partial charge in [0.15, 0.2) is 0 Å². The molecule has 0 aromatic heterocycles. The quantitative estimate of drug-likeness (QED) is 0.393. The lowest BCUT2D eigenvalue weighted by atomic mass is 9.99. The van der Waals surface area contributed by atoms with Gasteiger partial charge < -0.3 is 9.47 Å². The van der Waals surface area contributed by atoms with Gasteiger partial charge in [-0.3, -0.25) is 10.1 Å². The van der Waals surface area contributed by atoms with Crippen LogP contribution < -0.4 is 0 Å². The standard InChI is InChI=1S/C16H24N2O6S/c1-13-3-4-15(18(19)20)11-16(13)25(21,22)17-7-5-14(6-8-17)12-24-10-9-23-2/h3-4,11,14H,5-10,12H2,1-2H3. The SMILES string of the molecule is COCCOCC1CCN(S(=O)(=O)c2cc([N+](=O)[O-])ccc2C)CC1. The maximum absolute atomic E-state index is 12.8. The average Bonchev–Trinajstić information content (AvgIpc) is 2.59. The van der Waals surface area contributed by atoms with Gasteiger partial charge in [-0.15, -0.1) is 0 Å². The molecule has 0 spiro atoms. The second kappa shape index (κ2) is 8.70. The minimum atomic E-state index is -3.73. The van der Waals surface area contributed by atoms with Crippen molar-refractivity contribution in [3.05, 3.63) is 33.9 Å². The van der Waals surface area contributed by atoms with Crippen LogP contribution in [0.15, 0.2) is 23.1 Å². The number of nitro groups is 1. The first-order valence-electron chi connectivity index (χ1n) is 8.18. The lowest BCUT2D eigenvalue weighted by Crippen LogP contribution is -2.39. The van der Waals surface area contributed by atoms with Crippen molar-refractivity contribution >= 4 is 15.7 Å². The molecule has 0 aliphatic carbocycles. The molecule has 1 aromatic rings. The van der Waals surface area contributed by atoms with Gasteiger partial charge in [0, 0.05) is 38.9 Å². The summed E-state index contributed by atoms with van der Waals surface area (Å²) >= 11 is 0. The molecular formula is C16H24N2O6S. The fraction of sp³-hybridized carbons (Fsp3) is 0.625. The van der Waals surface area contributed by atoms with Gasteiger partial charge in [0.05, 0.1) is 23.0 Å². The smallest absolute Gasteiger partial charge is 0.270 e. The highest BCUT2D eigenvalue weighted by Gasteiger charge is 2.31. The number of ether oxygens (including phenoxy) is 2. The Labute approximate surface area is 147 Å². The lowest BCUT2D eigenvalue weighted by molar-refractivity contribution is -0.385. The van der Waals surface area contributed by atoms with Crippen molar-refractivity contribution in [2.45, 2.75) is 24.7 Å². The number of methoxy groups -OCH3 is 1. The van der Waals surface area contributed by atoms with Crippen LogP contribution in [0.2, 0.25) is 0 Å². The zero-order chi connectivity index (χ0) is 18.4. The highest BCUT2D eigenvalue weighted by atomic mass is 32.2. The minimum absolute atomic E-state index is 0.0106. The van der Waals surface area contributed by atoms with E-state index >= 15 is 0 Å². The van der Waals surface area contributed by atoms with Crippen LogP contribution in [0.4, 0.5) is 5.69 Å². The largest absolute Gasteiger partial charge is 0.382 e. The third-order valence-corrected chi connectivity index (χ3v) is 6.40. The summed E-state index contributed by atoms with van der Waals surface area (Å²) in [4.78, 5) is 10.4. The summed E-state index contributed by atoms with van der Waals surface area (Å²) in [5, 5.41) is 10.9. The van der Waals surface area contributed by atoms with E-state index in [1.165, 1.54) is 16.4 Å². The Bertz CT molecular complexity index is 699. The topological polar surface area (TPSA) is 99.0 Å². The van der Waals surface area contributed by atoms with E-state index in [0.29, 0.717) is 57.2 Å². The molecule has 9 heteroatoms. The molecule has 1 aromatic carbocycles. The van der Waals surface area contributed by atoms with Crippen molar-refractivity contribution in [3.8, 4) is 0 Å². The van der Waals surface area contributed by atoms with E-state index in [2.05, 4.69) is 0 Å². The monoisotopic (exact) mass is 372 g/mol. The Kier molecular flexibility index (Phi) is 6.88. The van der Waals surface area contributed by atoms with Gasteiger partial charge in [0.2, 0.25) is 10.0 Å². The predicted molar refractivity (Wildman–Crippen MR) is 92.0 cm³/mol. The molecule has 0 unspecified atom stereocenters. The van der Waals surface area contributed by atoms with Crippen molar-refractivity contribution in [2.75, 3.05) is 40.0 Å². The number of nitro benzene ring substituents is 1. The van der Waals surface area contributed by atoms with Crippen LogP contribution in [-0.2, 0) is 19.5 Å². The maximum atomic E-state index is 12.8. The van der Waals surface area contributed by atoms with Crippen molar-refractivity contribution < 1.29 is 22.8 Å². The Morgan fingerprint density at radius 3 is 2.56 bits per heavy atom. The summed E-state index contributed by atoms with van der Waals surface area (Å²) in [5.41, 5.74) is 0.293. The number of hydrogen-bond donors (Lipinski definition) is 0. The number of sulfonamides is 1. The summed E-state index contributed by atoms with van der Waals surface area (Å²) in [5.74, 6) is 0.314. The van der Waals surface area contributed by atoms with Gasteiger partial charge in [0.25, 0.3) is 5.69 Å². The van der Waals surface area contributed by atoms with Gasteiger partial charge >= 0.3 is 0 Å². The second-order valence-electron chi connectivity index (χ2n) is 6.12. The minimum Gasteiger partial charge on any atom is -0.382 e. The molecule has 1 aliphatic heterocycles. The van der Waals surface area contributed by atoms with E-state index in [0.717, 1.165) is 6.07 Å². The van der Waals surface area contributed by atoms with Crippen LogP contribution in [0.25, 0.3) is 0 Å². The van der Waals surface area contributed by atoms with Crippen LogP contribution >= 0.6 is 0 Å². The van der Waals surface area contributed by atoms with Crippen molar-refractivity contribution in [1.29, 1.82) is 0 Å². The summed E-state index contributed by atoms with van der Waals surface area (Å²) < 4.78 is 37.5. The average molecular weight is 372 g/mol. The molecular weight excluding hydrogens is 348 g/mol. The number of piperidine rings is 1. The van der Waals surface area contributed by atoms with Gasteiger partial charge in [-0.05, 0) is 31.2 Å². The van der Waals surface area contributed by atoms with Crippen LogP contribution in [0.3, 0.4) is 0 Å². The molecule has 0 saturated carbocycles. The van der Waals surface area contributed by atoms with Gasteiger partial charge in [0.1, 0.15) is 0 Å². The molecule has 0 N–H and O–H groups in total. The van der Waals surface area contributed by atoms with Crippen LogP contribution in [-0.4, -0.2) is 57.7 Å². The molecule has 0 bridgehead atoms. The molecule has 25 heavy (non-hydrogen) atoms. The molecule has 1 fully saturated rings. The van der Waals surface area contributed by atoms with Gasteiger partial charge in [-0.25, -0.2) is 8.42 Å². The third-order valence-electron chi connectivity index (χ3n) is 4.36. The molecule has 0 amide bonds. The number of hydrogen-bond acceptors (Lipinski definition) is 6. The lowest BCUT2D eigenvalue weighted by Gasteiger charge is -2.31. The van der Waals surface area contributed by atoms with E-state index < -0.39 is 14.9 Å². The zero-order valence-corrected chi connectivity index (χ0v) is 15.3. The molecule has 1 heterocycles. The Morgan fingerprint density at radius 1 is 1.28 bits per heavy atom. The molecule has 1 saturated heterocycles. The Morgan fingerprint density at radius 2 is 1.96 bits per heavy atom. The number of benzene rings is 1. The second-order valence-corrected chi connectivity index (χ2v) is 8.03. The van der Waals surface area contributed by atoms with Crippen LogP contribution in [0.5, 0.6) is 0 Å². The maximum Gasteiger partial charge on any atom is 0.270 e. The van der Waals surface area contributed by atoms with Crippen molar-refractivity contribution in [2.24, 2.45) is 5.92 Å². The first kappa shape index (κ1) is 19.8. The number of rotatable bonds is 8. The van der Waals surface area contributed by atoms with E-state index in [-0.39, 0.29) is 10.6 Å². The fourth-order valence-electron chi connectivity index (χ4n) is 2.83. The fourth-order valence-corrected chi connectivity index (χ4v) is 4.54. The molecule has 1 aliphatic rings. The van der Waals surface area contributed by atoms with Gasteiger partial charge in [-0.1, -0.05) is 6.07 Å². The zero-order valence-electron chi connectivity index (χ0n) is 14.5. The van der Waals surface area contributed by atoms with E-state index in [4.69, 9.17) is 9.47 Å². The van der Waals surface area contributed by atoms with E-state index in [1.54, 1.807) is 14.0 Å². The first-order chi connectivity index (χ1) is 11.9. The Balaban J connectivity index is 2.02. The van der Waals surface area contributed by atoms with Crippen LogP contribution in [0.1, 0.15) is 18.4 Å². The summed E-state index contributed by atoms with van der Waals surface area (Å²) in [6.07, 6.45) is 1.42. The molecule has 0 radical (unpaired) electrons. The van der Waals surface area contributed by atoms with E-state index in [9.17, 15) is 18.5 Å². The van der Waals surface area contributed by atoms with Gasteiger partial charge in [-0.2, -0.15) is 4.31 Å². The molecule has 2 rings (SSSR count). The molecule has 0 atom stereocenters. The number of nitrogens with zero attached hydrogens (tertiary/aromatic N) is 2. The number of non-ortho nitro benzene ring substituents is 1. The normalized spacial score (nSPS) is 16.9. The van der Waals surface area contributed by atoms with E-state index in [1.807, 2.05) is 0 Å². The summed E-state index contributed by atoms with van der Waals surface area (Å²) in [6, 6.07) is 3.93. The third kappa shape index (κ3) is 4.97. The highest BCUT2D eigenvalue weighted by molar-refractivity contribution is 7.89. The van der Waals surface area contributed by atoms with Crippen molar-refractivity contribution in [3.63, 3.8) is 0 Å². The predicted octanol–water partition coefficient (Wildman–Crippen LogP) is 1.97. The molecule has 140 valence electrons. The summed E-state index contributed by atoms with van der Waals surface area (Å²) in [7, 11) is -2.12. The number of aryl methyl sites for hydroxylation is 1. The molecule has 8 nitrogen and oxygen atoms in total. The first-order valence-corrected chi connectivity index (χ1v) is 9.62. The Hall–Kier alpha value is -1.55.